The molecule has 0 aromatic heterocycles. The Kier molecular flexibility index (Phi) is 6.00. The molecule has 0 N–H and O–H groups in total. The second-order valence-electron chi connectivity index (χ2n) is 5.43. The van der Waals surface area contributed by atoms with Crippen molar-refractivity contribution in [2.24, 2.45) is 0 Å². The molecule has 0 aliphatic carbocycles. The lowest BCUT2D eigenvalue weighted by atomic mass is 10.1. The zero-order valence-electron chi connectivity index (χ0n) is 13.2. The summed E-state index contributed by atoms with van der Waals surface area (Å²) >= 11 is 6.14. The van der Waals surface area contributed by atoms with E-state index in [9.17, 15) is 9.59 Å². The van der Waals surface area contributed by atoms with E-state index in [0.717, 1.165) is 0 Å². The summed E-state index contributed by atoms with van der Waals surface area (Å²) < 4.78 is 15.0. The number of hydrogen-bond donors (Lipinski definition) is 0. The van der Waals surface area contributed by atoms with Gasteiger partial charge in [-0.05, 0) is 39.0 Å². The zero-order valence-corrected chi connectivity index (χ0v) is 14.0. The number of esters is 2. The molecule has 1 aromatic carbocycles. The largest absolute Gasteiger partial charge is 0.496 e. The molecule has 0 heterocycles. The molecule has 0 aliphatic rings. The van der Waals surface area contributed by atoms with Gasteiger partial charge in [0.15, 0.2) is 0 Å². The van der Waals surface area contributed by atoms with Crippen molar-refractivity contribution in [3.8, 4) is 5.75 Å². The van der Waals surface area contributed by atoms with E-state index in [0.29, 0.717) is 11.3 Å². The van der Waals surface area contributed by atoms with Crippen LogP contribution in [0.2, 0.25) is 5.02 Å². The number of halogens is 1. The molecule has 0 unspecified atom stereocenters. The van der Waals surface area contributed by atoms with Gasteiger partial charge in [0.05, 0.1) is 24.8 Å². The molecule has 0 radical (unpaired) electrons. The monoisotopic (exact) mass is 326 g/mol. The first-order valence-electron chi connectivity index (χ1n) is 6.55. The molecule has 6 heteroatoms. The Morgan fingerprint density at radius 3 is 2.32 bits per heavy atom. The molecule has 0 aliphatic heterocycles. The number of rotatable bonds is 4. The highest BCUT2D eigenvalue weighted by Crippen LogP contribution is 2.30. The summed E-state index contributed by atoms with van der Waals surface area (Å²) in [4.78, 5) is 23.2. The van der Waals surface area contributed by atoms with Gasteiger partial charge < -0.3 is 14.2 Å². The lowest BCUT2D eigenvalue weighted by molar-refractivity contribution is -0.148. The maximum absolute atomic E-state index is 11.7. The van der Waals surface area contributed by atoms with Crippen molar-refractivity contribution in [1.29, 1.82) is 0 Å². The summed E-state index contributed by atoms with van der Waals surface area (Å²) in [5.41, 5.74) is 0.158. The van der Waals surface area contributed by atoms with Gasteiger partial charge in [-0.15, -0.1) is 0 Å². The van der Waals surface area contributed by atoms with Gasteiger partial charge in [-0.25, -0.2) is 9.59 Å². The Morgan fingerprint density at radius 2 is 1.82 bits per heavy atom. The number of benzene rings is 1. The Labute approximate surface area is 134 Å². The van der Waals surface area contributed by atoms with Gasteiger partial charge >= 0.3 is 11.9 Å². The van der Waals surface area contributed by atoms with Crippen LogP contribution < -0.4 is 4.74 Å². The fourth-order valence-corrected chi connectivity index (χ4v) is 1.92. The Morgan fingerprint density at radius 1 is 1.18 bits per heavy atom. The molecule has 0 saturated carbocycles. The van der Waals surface area contributed by atoms with Crippen LogP contribution >= 0.6 is 11.6 Å². The van der Waals surface area contributed by atoms with Crippen molar-refractivity contribution >= 4 is 29.6 Å². The van der Waals surface area contributed by atoms with Gasteiger partial charge in [-0.2, -0.15) is 0 Å². The van der Waals surface area contributed by atoms with E-state index in [1.54, 1.807) is 20.8 Å². The third kappa shape index (κ3) is 5.07. The van der Waals surface area contributed by atoms with Crippen LogP contribution in [-0.2, 0) is 14.3 Å². The first-order chi connectivity index (χ1) is 10.2. The quantitative estimate of drug-likeness (QED) is 0.626. The highest BCUT2D eigenvalue weighted by molar-refractivity contribution is 6.32. The standard InChI is InChI=1S/C16H19ClO5/c1-16(2,3)22-14(18)7-6-11-12(17)8-10(15(19)21-5)9-13(11)20-4/h6-9H,1-5H3/b7-6+. The topological polar surface area (TPSA) is 61.8 Å². The van der Waals surface area contributed by atoms with E-state index < -0.39 is 17.5 Å². The minimum atomic E-state index is -0.579. The Bertz CT molecular complexity index is 599. The summed E-state index contributed by atoms with van der Waals surface area (Å²) in [6.07, 6.45) is 2.74. The molecule has 0 spiro atoms. The predicted octanol–water partition coefficient (Wildman–Crippen LogP) is 3.49. The third-order valence-electron chi connectivity index (χ3n) is 2.53. The molecular formula is C16H19ClO5. The Hall–Kier alpha value is -2.01. The average molecular weight is 327 g/mol. The van der Waals surface area contributed by atoms with Gasteiger partial charge in [-0.3, -0.25) is 0 Å². The molecule has 22 heavy (non-hydrogen) atoms. The van der Waals surface area contributed by atoms with Gasteiger partial charge in [0.25, 0.3) is 0 Å². The second kappa shape index (κ2) is 7.31. The van der Waals surface area contributed by atoms with E-state index >= 15 is 0 Å². The molecule has 1 rings (SSSR count). The van der Waals surface area contributed by atoms with E-state index in [4.69, 9.17) is 21.1 Å². The fourth-order valence-electron chi connectivity index (χ4n) is 1.65. The maximum atomic E-state index is 11.7. The maximum Gasteiger partial charge on any atom is 0.338 e. The summed E-state index contributed by atoms with van der Waals surface area (Å²) in [6, 6.07) is 2.94. The SMILES string of the molecule is COC(=O)c1cc(Cl)c(/C=C/C(=O)OC(C)(C)C)c(OC)c1. The highest BCUT2D eigenvalue weighted by atomic mass is 35.5. The summed E-state index contributed by atoms with van der Waals surface area (Å²) in [5, 5.41) is 0.263. The minimum Gasteiger partial charge on any atom is -0.496 e. The normalized spacial score (nSPS) is 11.4. The van der Waals surface area contributed by atoms with Crippen molar-refractivity contribution in [1.82, 2.24) is 0 Å². The lowest BCUT2D eigenvalue weighted by Gasteiger charge is -2.18. The lowest BCUT2D eigenvalue weighted by Crippen LogP contribution is -2.22. The molecular weight excluding hydrogens is 308 g/mol. The van der Waals surface area contributed by atoms with Crippen molar-refractivity contribution < 1.29 is 23.8 Å². The minimum absolute atomic E-state index is 0.263. The van der Waals surface area contributed by atoms with Crippen LogP contribution in [-0.4, -0.2) is 31.8 Å². The van der Waals surface area contributed by atoms with Crippen molar-refractivity contribution in [3.63, 3.8) is 0 Å². The molecule has 5 nitrogen and oxygen atoms in total. The van der Waals surface area contributed by atoms with Gasteiger partial charge in [-0.1, -0.05) is 11.6 Å². The summed E-state index contributed by atoms with van der Waals surface area (Å²) in [5.74, 6) is -0.668. The average Bonchev–Trinajstić information content (AvgIpc) is 2.42. The van der Waals surface area contributed by atoms with Crippen LogP contribution in [0.25, 0.3) is 6.08 Å². The van der Waals surface area contributed by atoms with E-state index in [1.807, 2.05) is 0 Å². The predicted molar refractivity (Wildman–Crippen MR) is 84.2 cm³/mol. The van der Waals surface area contributed by atoms with Gasteiger partial charge in [0, 0.05) is 11.6 Å². The number of ether oxygens (including phenoxy) is 3. The molecule has 0 atom stereocenters. The van der Waals surface area contributed by atoms with E-state index in [1.165, 1.54) is 38.5 Å². The van der Waals surface area contributed by atoms with Crippen LogP contribution in [0.4, 0.5) is 0 Å². The zero-order chi connectivity index (χ0) is 16.9. The molecule has 0 amide bonds. The molecule has 1 aromatic rings. The van der Waals surface area contributed by atoms with Crippen LogP contribution in [0.5, 0.6) is 5.75 Å². The molecule has 0 bridgehead atoms. The van der Waals surface area contributed by atoms with Crippen molar-refractivity contribution in [2.45, 2.75) is 26.4 Å². The summed E-state index contributed by atoms with van der Waals surface area (Å²) in [6.45, 7) is 5.33. The smallest absolute Gasteiger partial charge is 0.338 e. The van der Waals surface area contributed by atoms with Crippen molar-refractivity contribution in [2.75, 3.05) is 14.2 Å². The number of carbonyl (C=O) groups is 2. The van der Waals surface area contributed by atoms with Gasteiger partial charge in [0.1, 0.15) is 11.4 Å². The Balaban J connectivity index is 3.09. The first-order valence-corrected chi connectivity index (χ1v) is 6.92. The van der Waals surface area contributed by atoms with Gasteiger partial charge in [0.2, 0.25) is 0 Å². The van der Waals surface area contributed by atoms with Crippen LogP contribution in [0.3, 0.4) is 0 Å². The van der Waals surface area contributed by atoms with Crippen LogP contribution in [0.1, 0.15) is 36.7 Å². The van der Waals surface area contributed by atoms with E-state index in [-0.39, 0.29) is 10.6 Å². The first kappa shape index (κ1) is 18.0. The summed E-state index contributed by atoms with van der Waals surface area (Å²) in [7, 11) is 2.72. The molecule has 0 saturated heterocycles. The molecule has 0 fully saturated rings. The highest BCUT2D eigenvalue weighted by Gasteiger charge is 2.16. The van der Waals surface area contributed by atoms with E-state index in [2.05, 4.69) is 4.74 Å². The molecule has 120 valence electrons. The van der Waals surface area contributed by atoms with Crippen LogP contribution in [0.15, 0.2) is 18.2 Å². The third-order valence-corrected chi connectivity index (χ3v) is 2.84. The van der Waals surface area contributed by atoms with Crippen LogP contribution in [0, 0.1) is 0 Å². The number of hydrogen-bond acceptors (Lipinski definition) is 5. The second-order valence-corrected chi connectivity index (χ2v) is 5.84. The van der Waals surface area contributed by atoms with Crippen molar-refractivity contribution in [3.05, 3.63) is 34.4 Å². The fraction of sp³-hybridized carbons (Fsp3) is 0.375. The number of carbonyl (C=O) groups excluding carboxylic acids is 2. The number of methoxy groups -OCH3 is 2.